The van der Waals surface area contributed by atoms with E-state index in [1.165, 1.54) is 5.39 Å². The number of hydrogen-bond donors (Lipinski definition) is 0. The van der Waals surface area contributed by atoms with Gasteiger partial charge in [0.1, 0.15) is 16.6 Å². The summed E-state index contributed by atoms with van der Waals surface area (Å²) in [5.41, 5.74) is 5.31. The number of fused-ring (bicyclic) bond motifs is 7. The van der Waals surface area contributed by atoms with Gasteiger partial charge in [0.2, 0.25) is 4.70 Å². The molecule has 1 unspecified atom stereocenters. The fourth-order valence-corrected chi connectivity index (χ4v) is 6.24. The van der Waals surface area contributed by atoms with Gasteiger partial charge in [-0.3, -0.25) is 0 Å². The van der Waals surface area contributed by atoms with Crippen molar-refractivity contribution in [1.29, 1.82) is 0 Å². The first-order valence-corrected chi connectivity index (χ1v) is 10.4. The first kappa shape index (κ1) is 14.7. The lowest BCUT2D eigenvalue weighted by Crippen LogP contribution is -1.86. The number of benzene rings is 4. The van der Waals surface area contributed by atoms with Crippen LogP contribution in [0.5, 0.6) is 0 Å². The standard InChI is InChI=1S/C24H14N2OS/c27-28-22-14-6-10-18-15-7-1-3-11-19(15)25(24(18)22)21-13-5-9-17-16-8-2-4-12-20(16)26(28)23(17)21/h1-14H. The number of hydrogen-bond acceptors (Lipinski definition) is 1. The van der Waals surface area contributed by atoms with Crippen molar-refractivity contribution >= 4 is 64.8 Å². The van der Waals surface area contributed by atoms with Gasteiger partial charge < -0.3 is 8.95 Å². The fraction of sp³-hybridized carbons (Fsp3) is 0. The van der Waals surface area contributed by atoms with Crippen LogP contribution in [-0.2, 0) is 0 Å². The third-order valence-electron chi connectivity index (χ3n) is 5.88. The van der Waals surface area contributed by atoms with E-state index < -0.39 is 10.9 Å². The zero-order chi connectivity index (χ0) is 18.4. The highest BCUT2D eigenvalue weighted by atomic mass is 32.2. The molecule has 0 amide bonds. The third-order valence-corrected chi connectivity index (χ3v) is 7.30. The summed E-state index contributed by atoms with van der Waals surface area (Å²) in [6.45, 7) is 0. The average Bonchev–Trinajstić information content (AvgIpc) is 3.23. The number of para-hydroxylation sites is 4. The summed E-state index contributed by atoms with van der Waals surface area (Å²) in [6, 6.07) is 29.2. The molecule has 3 aromatic heterocycles. The van der Waals surface area contributed by atoms with Gasteiger partial charge in [-0.05, 0) is 18.2 Å². The molecule has 0 bridgehead atoms. The molecule has 0 aliphatic carbocycles. The van der Waals surface area contributed by atoms with Crippen LogP contribution in [-0.4, -0.2) is 12.7 Å². The lowest BCUT2D eigenvalue weighted by Gasteiger charge is -1.99. The Kier molecular flexibility index (Phi) is 2.58. The van der Waals surface area contributed by atoms with Crippen LogP contribution in [0.15, 0.2) is 84.9 Å². The summed E-state index contributed by atoms with van der Waals surface area (Å²) < 4.78 is 19.1. The van der Waals surface area contributed by atoms with Crippen LogP contribution in [0.3, 0.4) is 0 Å². The van der Waals surface area contributed by atoms with Gasteiger partial charge in [0, 0.05) is 27.6 Å². The minimum Gasteiger partial charge on any atom is -0.570 e. The van der Waals surface area contributed by atoms with Crippen LogP contribution in [0.2, 0.25) is 0 Å². The highest BCUT2D eigenvalue weighted by Crippen LogP contribution is 2.42. The van der Waals surface area contributed by atoms with E-state index in [4.69, 9.17) is 0 Å². The van der Waals surface area contributed by atoms with Crippen molar-refractivity contribution in [3.63, 3.8) is 0 Å². The molecule has 132 valence electrons. The highest BCUT2D eigenvalue weighted by Gasteiger charge is 2.22. The van der Waals surface area contributed by atoms with Crippen LogP contribution in [0.25, 0.3) is 53.8 Å². The molecule has 28 heavy (non-hydrogen) atoms. The molecule has 0 saturated carbocycles. The Bertz CT molecular complexity index is 1730. The Morgan fingerprint density at radius 2 is 1.11 bits per heavy atom. The number of nitrogens with zero attached hydrogens (tertiary/aromatic N) is 2. The molecule has 7 rings (SSSR count). The quantitative estimate of drug-likeness (QED) is 0.276. The molecule has 0 spiro atoms. The van der Waals surface area contributed by atoms with Gasteiger partial charge in [0.25, 0.3) is 0 Å². The molecule has 7 aromatic rings. The fourth-order valence-electron chi connectivity index (χ4n) is 4.79. The van der Waals surface area contributed by atoms with Gasteiger partial charge in [-0.15, -0.1) is 3.79 Å². The summed E-state index contributed by atoms with van der Waals surface area (Å²) in [7, 11) is -1.33. The largest absolute Gasteiger partial charge is 0.570 e. The van der Waals surface area contributed by atoms with E-state index in [0.717, 1.165) is 48.4 Å². The molecule has 0 radical (unpaired) electrons. The SMILES string of the molecule is [O-][s+]1c2cccc3c4ccccc4n(c4cccc5c6ccccc6n1c54)c32. The van der Waals surface area contributed by atoms with E-state index in [1.54, 1.807) is 0 Å². The lowest BCUT2D eigenvalue weighted by atomic mass is 10.1. The van der Waals surface area contributed by atoms with E-state index in [1.807, 2.05) is 28.1 Å². The molecule has 4 heteroatoms. The predicted octanol–water partition coefficient (Wildman–Crippen LogP) is 6.53. The van der Waals surface area contributed by atoms with Crippen molar-refractivity contribution in [2.45, 2.75) is 0 Å². The van der Waals surface area contributed by atoms with Crippen molar-refractivity contribution < 1.29 is 4.55 Å². The molecule has 0 N–H and O–H groups in total. The van der Waals surface area contributed by atoms with Crippen molar-refractivity contribution in [3.8, 4) is 0 Å². The van der Waals surface area contributed by atoms with Crippen molar-refractivity contribution in [2.75, 3.05) is 0 Å². The Balaban J connectivity index is 2.02. The Morgan fingerprint density at radius 1 is 0.536 bits per heavy atom. The maximum atomic E-state index is 13.9. The molecular weight excluding hydrogens is 364 g/mol. The number of aromatic nitrogens is 2. The maximum Gasteiger partial charge on any atom is 0.219 e. The van der Waals surface area contributed by atoms with Crippen LogP contribution in [0, 0.1) is 0 Å². The molecule has 0 fully saturated rings. The Labute approximate surface area is 162 Å². The topological polar surface area (TPSA) is 31.9 Å². The zero-order valence-corrected chi connectivity index (χ0v) is 15.6. The molecule has 3 nitrogen and oxygen atoms in total. The van der Waals surface area contributed by atoms with Gasteiger partial charge in [-0.1, -0.05) is 60.7 Å². The Morgan fingerprint density at radius 3 is 1.93 bits per heavy atom. The van der Waals surface area contributed by atoms with Gasteiger partial charge >= 0.3 is 0 Å². The minimum absolute atomic E-state index is 0.854. The van der Waals surface area contributed by atoms with E-state index in [9.17, 15) is 4.55 Å². The second kappa shape index (κ2) is 4.93. The normalized spacial score (nSPS) is 13.1. The van der Waals surface area contributed by atoms with Gasteiger partial charge in [-0.2, -0.15) is 0 Å². The van der Waals surface area contributed by atoms with Crippen molar-refractivity contribution in [1.82, 2.24) is 8.19 Å². The van der Waals surface area contributed by atoms with E-state index >= 15 is 0 Å². The summed E-state index contributed by atoms with van der Waals surface area (Å²) in [4.78, 5) is 0. The average molecular weight is 378 g/mol. The first-order chi connectivity index (χ1) is 13.8. The Hall–Kier alpha value is -3.34. The summed E-state index contributed by atoms with van der Waals surface area (Å²) >= 11 is 0. The molecule has 0 aliphatic heterocycles. The molecule has 4 aromatic carbocycles. The molecule has 1 atom stereocenters. The predicted molar refractivity (Wildman–Crippen MR) is 117 cm³/mol. The molecule has 0 saturated heterocycles. The van der Waals surface area contributed by atoms with Gasteiger partial charge in [-0.25, -0.2) is 0 Å². The van der Waals surface area contributed by atoms with Crippen LogP contribution in [0.1, 0.15) is 0 Å². The van der Waals surface area contributed by atoms with E-state index in [2.05, 4.69) is 65.1 Å². The second-order valence-corrected chi connectivity index (χ2v) is 8.54. The lowest BCUT2D eigenvalue weighted by molar-refractivity contribution is 0.591. The summed E-state index contributed by atoms with van der Waals surface area (Å²) in [6.07, 6.45) is 0. The summed E-state index contributed by atoms with van der Waals surface area (Å²) in [5.74, 6) is 0. The minimum atomic E-state index is -1.33. The maximum absolute atomic E-state index is 13.9. The van der Waals surface area contributed by atoms with Crippen molar-refractivity contribution in [3.05, 3.63) is 84.9 Å². The van der Waals surface area contributed by atoms with Crippen LogP contribution < -0.4 is 0 Å². The molecule has 0 aliphatic rings. The highest BCUT2D eigenvalue weighted by molar-refractivity contribution is 7.27. The number of rotatable bonds is 0. The first-order valence-electron chi connectivity index (χ1n) is 9.31. The summed E-state index contributed by atoms with van der Waals surface area (Å²) in [5, 5.41) is 4.62. The smallest absolute Gasteiger partial charge is 0.219 e. The third kappa shape index (κ3) is 1.56. The second-order valence-electron chi connectivity index (χ2n) is 7.24. The molecular formula is C24H14N2OS. The monoisotopic (exact) mass is 378 g/mol. The van der Waals surface area contributed by atoms with E-state index in [0.29, 0.717) is 0 Å². The van der Waals surface area contributed by atoms with Gasteiger partial charge in [0.15, 0.2) is 0 Å². The molecule has 3 heterocycles. The van der Waals surface area contributed by atoms with Crippen LogP contribution >= 0.6 is 10.9 Å². The van der Waals surface area contributed by atoms with E-state index in [-0.39, 0.29) is 0 Å². The van der Waals surface area contributed by atoms with Crippen LogP contribution in [0.4, 0.5) is 0 Å². The zero-order valence-electron chi connectivity index (χ0n) is 14.8. The van der Waals surface area contributed by atoms with Crippen molar-refractivity contribution in [2.24, 2.45) is 0 Å². The van der Waals surface area contributed by atoms with Gasteiger partial charge in [0.05, 0.1) is 22.0 Å².